The highest BCUT2D eigenvalue weighted by Gasteiger charge is 2.15. The summed E-state index contributed by atoms with van der Waals surface area (Å²) < 4.78 is 4.93. The van der Waals surface area contributed by atoms with Crippen molar-refractivity contribution in [3.8, 4) is 12.3 Å². The Morgan fingerprint density at radius 1 is 1.00 bits per heavy atom. The average molecular weight is 290 g/mol. The normalized spacial score (nSPS) is 13.1. The Labute approximate surface area is 131 Å². The van der Waals surface area contributed by atoms with E-state index < -0.39 is 0 Å². The molecule has 0 saturated carbocycles. The first-order valence-corrected chi connectivity index (χ1v) is 7.50. The molecular formula is C20H18O2. The van der Waals surface area contributed by atoms with Crippen molar-refractivity contribution in [1.82, 2.24) is 0 Å². The Kier molecular flexibility index (Phi) is 3.98. The lowest BCUT2D eigenvalue weighted by molar-refractivity contribution is 0.0599. The molecule has 0 unspecified atom stereocenters. The van der Waals surface area contributed by atoms with Crippen molar-refractivity contribution in [3.63, 3.8) is 0 Å². The molecule has 0 heterocycles. The number of methoxy groups -OCH3 is 1. The van der Waals surface area contributed by atoms with Crippen molar-refractivity contribution in [3.05, 3.63) is 69.8 Å². The molecule has 6 rings (SSSR count). The van der Waals surface area contributed by atoms with Crippen LogP contribution in [0.25, 0.3) is 0 Å². The smallest absolute Gasteiger partial charge is 0.338 e. The number of ether oxygens (including phenoxy) is 1. The van der Waals surface area contributed by atoms with Gasteiger partial charge in [0, 0.05) is 5.56 Å². The van der Waals surface area contributed by atoms with E-state index in [0.29, 0.717) is 5.56 Å². The lowest BCUT2D eigenvalue weighted by Crippen LogP contribution is -2.09. The number of carbonyl (C=O) groups is 1. The van der Waals surface area contributed by atoms with Crippen LogP contribution in [0.3, 0.4) is 0 Å². The van der Waals surface area contributed by atoms with Gasteiger partial charge in [-0.15, -0.1) is 6.42 Å². The lowest BCUT2D eigenvalue weighted by atomic mass is 9.91. The van der Waals surface area contributed by atoms with E-state index >= 15 is 0 Å². The summed E-state index contributed by atoms with van der Waals surface area (Å²) in [6, 6.07) is 12.5. The van der Waals surface area contributed by atoms with E-state index in [4.69, 9.17) is 11.2 Å². The minimum Gasteiger partial charge on any atom is -0.465 e. The minimum absolute atomic E-state index is 0.264. The number of hydrogen-bond donors (Lipinski definition) is 0. The van der Waals surface area contributed by atoms with Gasteiger partial charge in [-0.2, -0.15) is 0 Å². The molecule has 0 saturated heterocycles. The summed E-state index contributed by atoms with van der Waals surface area (Å²) in [5.74, 6) is 2.52. The summed E-state index contributed by atoms with van der Waals surface area (Å²) in [6.45, 7) is 0. The molecule has 110 valence electrons. The topological polar surface area (TPSA) is 26.3 Å². The second-order valence-electron chi connectivity index (χ2n) is 5.62. The molecule has 22 heavy (non-hydrogen) atoms. The largest absolute Gasteiger partial charge is 0.465 e. The van der Waals surface area contributed by atoms with Gasteiger partial charge in [0.25, 0.3) is 0 Å². The summed E-state index contributed by atoms with van der Waals surface area (Å²) in [5, 5.41) is 0. The van der Waals surface area contributed by atoms with Crippen molar-refractivity contribution < 1.29 is 9.53 Å². The van der Waals surface area contributed by atoms with Crippen LogP contribution in [0.1, 0.15) is 38.2 Å². The predicted molar refractivity (Wildman–Crippen MR) is 87.0 cm³/mol. The number of esters is 1. The van der Waals surface area contributed by atoms with Crippen molar-refractivity contribution in [2.24, 2.45) is 0 Å². The van der Waals surface area contributed by atoms with E-state index in [0.717, 1.165) is 47.9 Å². The van der Waals surface area contributed by atoms with Gasteiger partial charge in [0.1, 0.15) is 0 Å². The second kappa shape index (κ2) is 6.07. The maximum Gasteiger partial charge on any atom is 0.338 e. The molecule has 2 heteroatoms. The lowest BCUT2D eigenvalue weighted by Gasteiger charge is -2.14. The summed E-state index contributed by atoms with van der Waals surface area (Å²) >= 11 is 0. The van der Waals surface area contributed by atoms with Crippen LogP contribution >= 0.6 is 0 Å². The van der Waals surface area contributed by atoms with Crippen LogP contribution in [-0.2, 0) is 30.4 Å². The first-order chi connectivity index (χ1) is 10.7. The third-order valence-electron chi connectivity index (χ3n) is 4.28. The molecule has 0 atom stereocenters. The highest BCUT2D eigenvalue weighted by molar-refractivity contribution is 5.91. The van der Waals surface area contributed by atoms with Crippen LogP contribution in [0.4, 0.5) is 0 Å². The van der Waals surface area contributed by atoms with E-state index in [1.54, 1.807) is 0 Å². The molecule has 0 spiro atoms. The van der Waals surface area contributed by atoms with E-state index in [-0.39, 0.29) is 5.97 Å². The first-order valence-electron chi connectivity index (χ1n) is 7.50. The van der Waals surface area contributed by atoms with Crippen LogP contribution < -0.4 is 0 Å². The quantitative estimate of drug-likeness (QED) is 0.595. The van der Waals surface area contributed by atoms with Gasteiger partial charge in [-0.25, -0.2) is 4.79 Å². The highest BCUT2D eigenvalue weighted by Crippen LogP contribution is 2.21. The van der Waals surface area contributed by atoms with Crippen LogP contribution in [0, 0.1) is 12.3 Å². The molecule has 4 aliphatic rings. The van der Waals surface area contributed by atoms with Gasteiger partial charge in [-0.3, -0.25) is 0 Å². The number of carbonyl (C=O) groups excluding carboxylic acids is 1. The molecule has 0 fully saturated rings. The zero-order chi connectivity index (χ0) is 15.5. The van der Waals surface area contributed by atoms with E-state index in [9.17, 15) is 4.79 Å². The molecule has 0 aromatic heterocycles. The Morgan fingerprint density at radius 3 is 2.32 bits per heavy atom. The van der Waals surface area contributed by atoms with Crippen LogP contribution in [0.15, 0.2) is 36.4 Å². The standard InChI is InChI=1S/C20H18O2/c1-3-16-12-14-4-5-15-7-9-18(11-10-17(16)8-6-14)19(13-15)20(21)22-2/h1,6-9,12-13H,4-5,10-11H2,2H3. The summed E-state index contributed by atoms with van der Waals surface area (Å²) in [7, 11) is 1.43. The van der Waals surface area contributed by atoms with Gasteiger partial charge < -0.3 is 4.74 Å². The third kappa shape index (κ3) is 2.76. The number of rotatable bonds is 1. The third-order valence-corrected chi connectivity index (χ3v) is 4.28. The average Bonchev–Trinajstić information content (AvgIpc) is 2.56. The fraction of sp³-hybridized carbons (Fsp3) is 0.250. The molecule has 4 bridgehead atoms. The van der Waals surface area contributed by atoms with Gasteiger partial charge in [0.05, 0.1) is 12.7 Å². The molecule has 0 aliphatic heterocycles. The minimum atomic E-state index is -0.264. The summed E-state index contributed by atoms with van der Waals surface area (Å²) in [4.78, 5) is 12.0. The number of terminal acetylenes is 1. The van der Waals surface area contributed by atoms with Crippen LogP contribution in [-0.4, -0.2) is 13.1 Å². The zero-order valence-electron chi connectivity index (χ0n) is 12.7. The first kappa shape index (κ1) is 14.4. The van der Waals surface area contributed by atoms with E-state index in [1.165, 1.54) is 12.7 Å². The maximum absolute atomic E-state index is 12.0. The summed E-state index contributed by atoms with van der Waals surface area (Å²) in [5.41, 5.74) is 6.20. The fourth-order valence-electron chi connectivity index (χ4n) is 2.99. The molecule has 2 nitrogen and oxygen atoms in total. The van der Waals surface area contributed by atoms with Crippen LogP contribution in [0.2, 0.25) is 0 Å². The highest BCUT2D eigenvalue weighted by atomic mass is 16.5. The molecule has 0 radical (unpaired) electrons. The monoisotopic (exact) mass is 290 g/mol. The zero-order valence-corrected chi connectivity index (χ0v) is 12.7. The van der Waals surface area contributed by atoms with Crippen molar-refractivity contribution in [2.45, 2.75) is 25.7 Å². The second-order valence-corrected chi connectivity index (χ2v) is 5.62. The Morgan fingerprint density at radius 2 is 1.64 bits per heavy atom. The van der Waals surface area contributed by atoms with Crippen molar-refractivity contribution in [1.29, 1.82) is 0 Å². The van der Waals surface area contributed by atoms with Crippen LogP contribution in [0.5, 0.6) is 0 Å². The Balaban J connectivity index is 2.06. The van der Waals surface area contributed by atoms with Gasteiger partial charge >= 0.3 is 5.97 Å². The molecule has 2 aromatic rings. The molecule has 2 aromatic carbocycles. The predicted octanol–water partition coefficient (Wildman–Crippen LogP) is 3.34. The number of hydrogen-bond acceptors (Lipinski definition) is 2. The fourth-order valence-corrected chi connectivity index (χ4v) is 2.99. The maximum atomic E-state index is 12.0. The van der Waals surface area contributed by atoms with Gasteiger partial charge in [-0.1, -0.05) is 30.2 Å². The van der Waals surface area contributed by atoms with Gasteiger partial charge in [0.15, 0.2) is 0 Å². The summed E-state index contributed by atoms with van der Waals surface area (Å²) in [6.07, 6.45) is 9.04. The van der Waals surface area contributed by atoms with E-state index in [2.05, 4.69) is 30.2 Å². The molecule has 0 amide bonds. The number of aryl methyl sites for hydroxylation is 4. The van der Waals surface area contributed by atoms with Crippen molar-refractivity contribution >= 4 is 5.97 Å². The molecule has 0 N–H and O–H groups in total. The molecular weight excluding hydrogens is 272 g/mol. The van der Waals surface area contributed by atoms with E-state index in [1.807, 2.05) is 12.1 Å². The van der Waals surface area contributed by atoms with Gasteiger partial charge in [0.2, 0.25) is 0 Å². The Bertz CT molecular complexity index is 766. The van der Waals surface area contributed by atoms with Gasteiger partial charge in [-0.05, 0) is 60.1 Å². The Hall–Kier alpha value is -2.53. The molecule has 4 aliphatic carbocycles. The number of benzene rings is 2. The SMILES string of the molecule is C#Cc1cc2ccc1CCc1ccc(cc1C(=O)OC)CC2. The van der Waals surface area contributed by atoms with Crippen molar-refractivity contribution in [2.75, 3.05) is 7.11 Å².